The van der Waals surface area contributed by atoms with Crippen LogP contribution in [0.4, 0.5) is 11.4 Å². The molecule has 8 aromatic rings. The van der Waals surface area contributed by atoms with Crippen molar-refractivity contribution in [2.24, 2.45) is 16.3 Å². The zero-order valence-corrected chi connectivity index (χ0v) is 40.9. The van der Waals surface area contributed by atoms with Crippen molar-refractivity contribution >= 4 is 39.3 Å². The number of anilines is 2. The van der Waals surface area contributed by atoms with Gasteiger partial charge in [0.05, 0.1) is 28.7 Å². The second-order valence-corrected chi connectivity index (χ2v) is 20.4. The molecule has 3 aliphatic heterocycles. The van der Waals surface area contributed by atoms with Crippen molar-refractivity contribution in [1.29, 1.82) is 0 Å². The molecular weight excluding hydrogens is 887 g/mol. The molecule has 5 nitrogen and oxygen atoms in total. The molecule has 73 heavy (non-hydrogen) atoms. The Balaban J connectivity index is 0.899. The quantitative estimate of drug-likeness (QED) is 0.167. The average Bonchev–Trinajstić information content (AvgIpc) is 3.74. The highest BCUT2D eigenvalue weighted by atomic mass is 15.2. The number of para-hydroxylation sites is 2. The van der Waals surface area contributed by atoms with Crippen molar-refractivity contribution in [3.8, 4) is 27.9 Å². The van der Waals surface area contributed by atoms with Crippen LogP contribution in [0.5, 0.6) is 0 Å². The summed E-state index contributed by atoms with van der Waals surface area (Å²) >= 11 is 0. The van der Waals surface area contributed by atoms with E-state index in [-0.39, 0.29) is 17.6 Å². The Morgan fingerprint density at radius 2 is 1.30 bits per heavy atom. The van der Waals surface area contributed by atoms with Gasteiger partial charge in [0.2, 0.25) is 0 Å². The topological polar surface area (TPSA) is 44.6 Å². The molecule has 0 radical (unpaired) electrons. The first kappa shape index (κ1) is 43.1. The van der Waals surface area contributed by atoms with Gasteiger partial charge in [-0.3, -0.25) is 4.99 Å². The smallest absolute Gasteiger partial charge is 0.145 e. The summed E-state index contributed by atoms with van der Waals surface area (Å²) in [4.78, 5) is 8.04. The number of nitrogens with one attached hydrogen (secondary N) is 2. The van der Waals surface area contributed by atoms with Crippen LogP contribution in [0.2, 0.25) is 0 Å². The minimum atomic E-state index is -0.328. The van der Waals surface area contributed by atoms with Crippen LogP contribution in [0, 0.1) is 11.3 Å². The Labute approximate surface area is 428 Å². The monoisotopic (exact) mass is 941 g/mol. The first-order valence-corrected chi connectivity index (χ1v) is 26.0. The van der Waals surface area contributed by atoms with Gasteiger partial charge in [-0.2, -0.15) is 0 Å². The van der Waals surface area contributed by atoms with Gasteiger partial charge < -0.3 is 20.1 Å². The fourth-order valence-electron chi connectivity index (χ4n) is 12.6. The van der Waals surface area contributed by atoms with Crippen LogP contribution in [0.1, 0.15) is 72.8 Å². The maximum Gasteiger partial charge on any atom is 0.145 e. The Morgan fingerprint density at radius 1 is 0.603 bits per heavy atom. The van der Waals surface area contributed by atoms with Crippen LogP contribution >= 0.6 is 0 Å². The first-order valence-electron chi connectivity index (χ1n) is 26.0. The van der Waals surface area contributed by atoms with E-state index in [1.54, 1.807) is 0 Å². The SMILES string of the molecule is CC12C=CC=CC1C1=C(C=CCC1)NC2c1cccc(N2C3=C(C=CCC3)c3c(c4ccccc4n3-c3cccc(C4N=C(c5ccccc5)C=C(c5ccc(-c6ccccc6)cc5)N4)c3)-c3ccccc32)c1. The summed E-state index contributed by atoms with van der Waals surface area (Å²) in [6, 6.07) is 66.6. The minimum absolute atomic E-state index is 0.0957. The van der Waals surface area contributed by atoms with Gasteiger partial charge in [-0.05, 0) is 113 Å². The number of rotatable bonds is 7. The second kappa shape index (κ2) is 17.6. The highest BCUT2D eigenvalue weighted by Gasteiger charge is 2.46. The number of hydrogen-bond donors (Lipinski definition) is 2. The molecule has 7 aromatic carbocycles. The lowest BCUT2D eigenvalue weighted by atomic mass is 9.61. The molecule has 4 unspecified atom stereocenters. The zero-order valence-electron chi connectivity index (χ0n) is 40.9. The van der Waals surface area contributed by atoms with Crippen molar-refractivity contribution in [3.63, 3.8) is 0 Å². The molecule has 0 saturated heterocycles. The summed E-state index contributed by atoms with van der Waals surface area (Å²) in [5, 5.41) is 9.21. The number of allylic oxidation sites excluding steroid dienone is 11. The summed E-state index contributed by atoms with van der Waals surface area (Å²) in [6.07, 6.45) is 24.8. The molecule has 352 valence electrons. The van der Waals surface area contributed by atoms with E-state index < -0.39 is 0 Å². The molecule has 1 aromatic heterocycles. The van der Waals surface area contributed by atoms with Crippen molar-refractivity contribution < 1.29 is 0 Å². The van der Waals surface area contributed by atoms with Crippen LogP contribution in [0.15, 0.2) is 259 Å². The first-order chi connectivity index (χ1) is 36.1. The second-order valence-electron chi connectivity index (χ2n) is 20.4. The van der Waals surface area contributed by atoms with Crippen LogP contribution in [0.25, 0.3) is 50.1 Å². The highest BCUT2D eigenvalue weighted by Crippen LogP contribution is 2.55. The summed E-state index contributed by atoms with van der Waals surface area (Å²) in [7, 11) is 0. The standard InChI is InChI=1S/C68H55N5/c1-68-41-17-16-32-57(68)53-28-8-12-33-58(53)69-66(68)49-24-18-26-51(42-49)72-61-34-13-9-29-54(61)64-55-30-10-14-35-62(55)73(65(64)56-31-11-15-36-63(56)72)52-27-19-25-50(43-52)67-70-59(47-22-6-3-7-23-47)44-60(71-67)48-39-37-46(38-40-48)45-20-4-2-5-21-45/h2-7,9-14,16-27,29-35,37-44,57,66-67,69,71H,8,15,28,36H2,1H3. The Hall–Kier alpha value is -8.67. The molecule has 14 rings (SSSR count). The third-order valence-corrected chi connectivity index (χ3v) is 16.1. The molecule has 5 heteroatoms. The van der Waals surface area contributed by atoms with E-state index in [2.05, 4.69) is 264 Å². The Morgan fingerprint density at radius 3 is 2.16 bits per heavy atom. The van der Waals surface area contributed by atoms with Crippen molar-refractivity contribution in [3.05, 3.63) is 282 Å². The summed E-state index contributed by atoms with van der Waals surface area (Å²) in [5.41, 5.74) is 22.6. The van der Waals surface area contributed by atoms with Gasteiger partial charge in [-0.1, -0.05) is 195 Å². The summed E-state index contributed by atoms with van der Waals surface area (Å²) in [6.45, 7) is 2.45. The van der Waals surface area contributed by atoms with Crippen molar-refractivity contribution in [2.45, 2.75) is 44.8 Å². The number of benzene rings is 7. The molecule has 6 aliphatic rings. The lowest BCUT2D eigenvalue weighted by Gasteiger charge is -2.49. The highest BCUT2D eigenvalue weighted by molar-refractivity contribution is 6.13. The number of nitrogens with zero attached hydrogens (tertiary/aromatic N) is 3. The molecule has 0 fully saturated rings. The van der Waals surface area contributed by atoms with E-state index in [9.17, 15) is 0 Å². The van der Waals surface area contributed by atoms with E-state index in [4.69, 9.17) is 4.99 Å². The number of aromatic nitrogens is 1. The number of aliphatic imine (C=N–C) groups is 1. The fourth-order valence-corrected chi connectivity index (χ4v) is 12.6. The third kappa shape index (κ3) is 7.24. The summed E-state index contributed by atoms with van der Waals surface area (Å²) in [5.74, 6) is 0.350. The molecule has 0 bridgehead atoms. The van der Waals surface area contributed by atoms with E-state index in [0.29, 0.717) is 5.92 Å². The van der Waals surface area contributed by atoms with E-state index in [1.807, 2.05) is 0 Å². The van der Waals surface area contributed by atoms with Crippen LogP contribution in [-0.2, 0) is 0 Å². The molecule has 2 N–H and O–H groups in total. The van der Waals surface area contributed by atoms with Gasteiger partial charge in [0.1, 0.15) is 6.17 Å². The fraction of sp³-hybridized carbons (Fsp3) is 0.132. The van der Waals surface area contributed by atoms with E-state index in [1.165, 1.54) is 78.3 Å². The van der Waals surface area contributed by atoms with Crippen LogP contribution in [-0.4, -0.2) is 10.3 Å². The normalized spacial score (nSPS) is 21.5. The third-order valence-electron chi connectivity index (χ3n) is 16.1. The zero-order chi connectivity index (χ0) is 48.5. The van der Waals surface area contributed by atoms with Crippen molar-refractivity contribution in [2.75, 3.05) is 4.90 Å². The maximum atomic E-state index is 5.45. The van der Waals surface area contributed by atoms with E-state index >= 15 is 0 Å². The van der Waals surface area contributed by atoms with Gasteiger partial charge in [-0.15, -0.1) is 0 Å². The molecule has 0 spiro atoms. The van der Waals surface area contributed by atoms with Gasteiger partial charge in [-0.25, -0.2) is 0 Å². The van der Waals surface area contributed by atoms with Gasteiger partial charge >= 0.3 is 0 Å². The molecule has 3 aliphatic carbocycles. The molecule has 0 saturated carbocycles. The molecule has 4 heterocycles. The largest absolute Gasteiger partial charge is 0.377 e. The summed E-state index contributed by atoms with van der Waals surface area (Å²) < 4.78 is 2.53. The predicted octanol–water partition coefficient (Wildman–Crippen LogP) is 16.3. The van der Waals surface area contributed by atoms with E-state index in [0.717, 1.165) is 59.5 Å². The lowest BCUT2D eigenvalue weighted by Crippen LogP contribution is -2.46. The van der Waals surface area contributed by atoms with Gasteiger partial charge in [0, 0.05) is 61.9 Å². The van der Waals surface area contributed by atoms with Gasteiger partial charge in [0.25, 0.3) is 0 Å². The Kier molecular flexibility index (Phi) is 10.4. The molecule has 0 amide bonds. The Bertz CT molecular complexity index is 3760. The van der Waals surface area contributed by atoms with Crippen LogP contribution < -0.4 is 15.5 Å². The van der Waals surface area contributed by atoms with Gasteiger partial charge in [0.15, 0.2) is 0 Å². The molecular formula is C68H55N5. The molecule has 4 atom stereocenters. The number of fused-ring (bicyclic) bond motifs is 8. The maximum absolute atomic E-state index is 5.45. The lowest BCUT2D eigenvalue weighted by molar-refractivity contribution is 0.219. The van der Waals surface area contributed by atoms with Crippen LogP contribution in [0.3, 0.4) is 0 Å². The number of hydrogen-bond acceptors (Lipinski definition) is 4. The minimum Gasteiger partial charge on any atom is -0.377 e. The predicted molar refractivity (Wildman–Crippen MR) is 302 cm³/mol. The van der Waals surface area contributed by atoms with Crippen molar-refractivity contribution in [1.82, 2.24) is 15.2 Å². The average molecular weight is 942 g/mol.